The van der Waals surface area contributed by atoms with Crippen molar-refractivity contribution in [3.63, 3.8) is 0 Å². The molecule has 0 fully saturated rings. The number of anilines is 3. The summed E-state index contributed by atoms with van der Waals surface area (Å²) in [4.78, 5) is 13.8. The van der Waals surface area contributed by atoms with E-state index >= 15 is 0 Å². The van der Waals surface area contributed by atoms with Crippen LogP contribution in [-0.4, -0.2) is 30.3 Å². The Hall–Kier alpha value is -2.89. The maximum Gasteiger partial charge on any atom is 0.323 e. The van der Waals surface area contributed by atoms with Crippen LogP contribution in [0.2, 0.25) is 0 Å². The average molecular weight is 287 g/mol. The first kappa shape index (κ1) is 14.5. The van der Waals surface area contributed by atoms with Gasteiger partial charge in [0.25, 0.3) is 0 Å². The Morgan fingerprint density at radius 1 is 0.905 bits per heavy atom. The lowest BCUT2D eigenvalue weighted by Crippen LogP contribution is -2.19. The Kier molecular flexibility index (Phi) is 4.18. The van der Waals surface area contributed by atoms with E-state index in [0.29, 0.717) is 11.4 Å². The summed E-state index contributed by atoms with van der Waals surface area (Å²) in [5.41, 5.74) is 1.97. The number of hydrogen-bond donors (Lipinski definition) is 4. The molecule has 0 spiro atoms. The van der Waals surface area contributed by atoms with Gasteiger partial charge in [0, 0.05) is 49.4 Å². The summed E-state index contributed by atoms with van der Waals surface area (Å²) in [5, 5.41) is 23.9. The van der Waals surface area contributed by atoms with Gasteiger partial charge >= 0.3 is 6.03 Å². The van der Waals surface area contributed by atoms with Crippen molar-refractivity contribution in [2.24, 2.45) is 0 Å². The Bertz CT molecular complexity index is 619. The topological polar surface area (TPSA) is 84.8 Å². The zero-order valence-corrected chi connectivity index (χ0v) is 11.8. The van der Waals surface area contributed by atoms with E-state index in [0.717, 1.165) is 5.69 Å². The Balaban J connectivity index is 2.01. The van der Waals surface area contributed by atoms with Crippen molar-refractivity contribution >= 4 is 23.1 Å². The highest BCUT2D eigenvalue weighted by atomic mass is 16.3. The van der Waals surface area contributed by atoms with Crippen molar-refractivity contribution in [2.45, 2.75) is 0 Å². The Labute approximate surface area is 122 Å². The van der Waals surface area contributed by atoms with Crippen molar-refractivity contribution in [1.29, 1.82) is 0 Å². The van der Waals surface area contributed by atoms with Gasteiger partial charge in [0.15, 0.2) is 0 Å². The van der Waals surface area contributed by atoms with Crippen LogP contribution in [0.4, 0.5) is 21.9 Å². The third-order valence-electron chi connectivity index (χ3n) is 2.80. The van der Waals surface area contributed by atoms with E-state index in [-0.39, 0.29) is 11.5 Å². The average Bonchev–Trinajstić information content (AvgIpc) is 2.37. The van der Waals surface area contributed by atoms with Gasteiger partial charge in [-0.25, -0.2) is 4.79 Å². The van der Waals surface area contributed by atoms with Crippen LogP contribution in [-0.2, 0) is 0 Å². The predicted molar refractivity (Wildman–Crippen MR) is 83.2 cm³/mol. The van der Waals surface area contributed by atoms with Crippen LogP contribution < -0.4 is 15.5 Å². The molecule has 4 N–H and O–H groups in total. The molecule has 2 aromatic carbocycles. The second-order valence-corrected chi connectivity index (χ2v) is 4.76. The highest BCUT2D eigenvalue weighted by Gasteiger charge is 2.05. The number of carbonyl (C=O) groups is 1. The second-order valence-electron chi connectivity index (χ2n) is 4.76. The van der Waals surface area contributed by atoms with Crippen LogP contribution in [0.25, 0.3) is 0 Å². The van der Waals surface area contributed by atoms with Crippen molar-refractivity contribution in [3.05, 3.63) is 42.5 Å². The van der Waals surface area contributed by atoms with Crippen LogP contribution in [0, 0.1) is 0 Å². The summed E-state index contributed by atoms with van der Waals surface area (Å²) in [6.45, 7) is 0. The van der Waals surface area contributed by atoms with Crippen LogP contribution in [0.3, 0.4) is 0 Å². The van der Waals surface area contributed by atoms with Gasteiger partial charge in [-0.05, 0) is 24.3 Å². The lowest BCUT2D eigenvalue weighted by atomic mass is 10.2. The molecule has 110 valence electrons. The molecule has 0 heterocycles. The van der Waals surface area contributed by atoms with Gasteiger partial charge in [0.2, 0.25) is 0 Å². The van der Waals surface area contributed by atoms with Gasteiger partial charge in [-0.15, -0.1) is 0 Å². The van der Waals surface area contributed by atoms with Crippen LogP contribution in [0.1, 0.15) is 0 Å². The summed E-state index contributed by atoms with van der Waals surface area (Å²) in [5.74, 6) is -0.249. The fourth-order valence-electron chi connectivity index (χ4n) is 1.80. The van der Waals surface area contributed by atoms with Gasteiger partial charge in [-0.2, -0.15) is 0 Å². The number of benzene rings is 2. The molecule has 0 bridgehead atoms. The normalized spacial score (nSPS) is 10.0. The molecular formula is C15H17N3O3. The summed E-state index contributed by atoms with van der Waals surface area (Å²) in [6.07, 6.45) is 0. The molecule has 0 radical (unpaired) electrons. The largest absolute Gasteiger partial charge is 0.508 e. The van der Waals surface area contributed by atoms with Gasteiger partial charge < -0.3 is 25.7 Å². The van der Waals surface area contributed by atoms with Crippen molar-refractivity contribution in [1.82, 2.24) is 0 Å². The molecule has 0 aliphatic heterocycles. The SMILES string of the molecule is CN(C)c1ccc(NC(=O)Nc2cc(O)cc(O)c2)cc1. The van der Waals surface area contributed by atoms with Crippen molar-refractivity contribution in [3.8, 4) is 11.5 Å². The molecule has 0 atom stereocenters. The second kappa shape index (κ2) is 6.04. The maximum absolute atomic E-state index is 11.8. The third kappa shape index (κ3) is 4.04. The van der Waals surface area contributed by atoms with E-state index in [1.54, 1.807) is 12.1 Å². The summed E-state index contributed by atoms with van der Waals surface area (Å²) < 4.78 is 0. The van der Waals surface area contributed by atoms with Crippen LogP contribution in [0.15, 0.2) is 42.5 Å². The number of aromatic hydroxyl groups is 2. The first-order chi connectivity index (χ1) is 9.94. The molecule has 0 aliphatic rings. The number of amides is 2. The summed E-state index contributed by atoms with van der Waals surface area (Å²) in [7, 11) is 3.87. The molecule has 0 aliphatic carbocycles. The monoisotopic (exact) mass is 287 g/mol. The van der Waals surface area contributed by atoms with Gasteiger partial charge in [0.05, 0.1) is 0 Å². The van der Waals surface area contributed by atoms with Gasteiger partial charge in [-0.1, -0.05) is 0 Å². The van der Waals surface area contributed by atoms with Crippen molar-refractivity contribution in [2.75, 3.05) is 29.6 Å². The van der Waals surface area contributed by atoms with E-state index in [1.807, 2.05) is 31.1 Å². The van der Waals surface area contributed by atoms with E-state index in [9.17, 15) is 15.0 Å². The lowest BCUT2D eigenvalue weighted by Gasteiger charge is -2.13. The lowest BCUT2D eigenvalue weighted by molar-refractivity contribution is 0.262. The molecule has 6 nitrogen and oxygen atoms in total. The number of rotatable bonds is 3. The number of nitrogens with one attached hydrogen (secondary N) is 2. The number of nitrogens with zero attached hydrogens (tertiary/aromatic N) is 1. The van der Waals surface area contributed by atoms with Gasteiger partial charge in [0.1, 0.15) is 11.5 Å². The molecule has 21 heavy (non-hydrogen) atoms. The third-order valence-corrected chi connectivity index (χ3v) is 2.80. The van der Waals surface area contributed by atoms with Crippen molar-refractivity contribution < 1.29 is 15.0 Å². The molecule has 2 amide bonds. The zero-order valence-electron chi connectivity index (χ0n) is 11.8. The fourth-order valence-corrected chi connectivity index (χ4v) is 1.80. The number of urea groups is 1. The minimum absolute atomic E-state index is 0.124. The molecule has 0 aromatic heterocycles. The Morgan fingerprint density at radius 3 is 1.95 bits per heavy atom. The van der Waals surface area contributed by atoms with Crippen LogP contribution in [0.5, 0.6) is 11.5 Å². The number of phenols is 2. The minimum Gasteiger partial charge on any atom is -0.508 e. The molecule has 2 rings (SSSR count). The van der Waals surface area contributed by atoms with E-state index in [4.69, 9.17) is 0 Å². The molecule has 0 saturated carbocycles. The first-order valence-corrected chi connectivity index (χ1v) is 6.32. The number of carbonyl (C=O) groups excluding carboxylic acids is 1. The number of hydrogen-bond acceptors (Lipinski definition) is 4. The molecule has 0 saturated heterocycles. The summed E-state index contributed by atoms with van der Waals surface area (Å²) in [6, 6.07) is 10.7. The Morgan fingerprint density at radius 2 is 1.43 bits per heavy atom. The van der Waals surface area contributed by atoms with E-state index < -0.39 is 6.03 Å². The predicted octanol–water partition coefficient (Wildman–Crippen LogP) is 2.81. The number of phenolic OH excluding ortho intramolecular Hbond substituents is 2. The zero-order chi connectivity index (χ0) is 15.4. The molecule has 6 heteroatoms. The van der Waals surface area contributed by atoms with E-state index in [2.05, 4.69) is 10.6 Å². The summed E-state index contributed by atoms with van der Waals surface area (Å²) >= 11 is 0. The highest BCUT2D eigenvalue weighted by Crippen LogP contribution is 2.24. The van der Waals surface area contributed by atoms with Gasteiger partial charge in [-0.3, -0.25) is 0 Å². The maximum atomic E-state index is 11.8. The molecular weight excluding hydrogens is 270 g/mol. The molecule has 2 aromatic rings. The van der Waals surface area contributed by atoms with Crippen LogP contribution >= 0.6 is 0 Å². The smallest absolute Gasteiger partial charge is 0.323 e. The fraction of sp³-hybridized carbons (Fsp3) is 0.133. The highest BCUT2D eigenvalue weighted by molar-refractivity contribution is 6.00. The molecule has 0 unspecified atom stereocenters. The minimum atomic E-state index is -0.461. The standard InChI is InChI=1S/C15H17N3O3/c1-18(2)12-5-3-10(4-6-12)16-15(21)17-11-7-13(19)9-14(20)8-11/h3-9,19-20H,1-2H3,(H2,16,17,21). The van der Waals surface area contributed by atoms with E-state index in [1.165, 1.54) is 18.2 Å². The quantitative estimate of drug-likeness (QED) is 0.699. The first-order valence-electron chi connectivity index (χ1n) is 6.32.